The Labute approximate surface area is 101 Å². The third-order valence-corrected chi connectivity index (χ3v) is 2.37. The van der Waals surface area contributed by atoms with Gasteiger partial charge in [0.2, 0.25) is 5.79 Å². The zero-order chi connectivity index (χ0) is 12.1. The van der Waals surface area contributed by atoms with Crippen LogP contribution in [0.25, 0.3) is 0 Å². The SMILES string of the molecule is [CH2]C(O)(Cc1ccccc1)Oc1ccccc1. The normalized spacial score (nSPS) is 14.0. The number of benzene rings is 2. The van der Waals surface area contributed by atoms with E-state index < -0.39 is 5.79 Å². The summed E-state index contributed by atoms with van der Waals surface area (Å²) >= 11 is 0. The number of hydrogen-bond donors (Lipinski definition) is 1. The predicted octanol–water partition coefficient (Wildman–Crippen LogP) is 2.83. The Morgan fingerprint density at radius 2 is 1.47 bits per heavy atom. The Hall–Kier alpha value is -1.80. The van der Waals surface area contributed by atoms with E-state index in [-0.39, 0.29) is 0 Å². The molecule has 0 fully saturated rings. The first-order valence-electron chi connectivity index (χ1n) is 5.51. The molecule has 2 nitrogen and oxygen atoms in total. The number of para-hydroxylation sites is 1. The van der Waals surface area contributed by atoms with Crippen LogP contribution in [0.1, 0.15) is 5.56 Å². The molecule has 0 aliphatic heterocycles. The highest BCUT2D eigenvalue weighted by molar-refractivity contribution is 5.23. The molecular weight excluding hydrogens is 212 g/mol. The zero-order valence-electron chi connectivity index (χ0n) is 9.54. The van der Waals surface area contributed by atoms with Crippen molar-refractivity contribution >= 4 is 0 Å². The first kappa shape index (κ1) is 11.7. The van der Waals surface area contributed by atoms with Gasteiger partial charge in [0.15, 0.2) is 0 Å². The lowest BCUT2D eigenvalue weighted by atomic mass is 10.1. The molecule has 0 amide bonds. The number of hydrogen-bond acceptors (Lipinski definition) is 2. The second kappa shape index (κ2) is 5.02. The highest BCUT2D eigenvalue weighted by Crippen LogP contribution is 2.19. The molecule has 0 heterocycles. The maximum Gasteiger partial charge on any atom is 0.212 e. The van der Waals surface area contributed by atoms with Crippen molar-refractivity contribution in [1.29, 1.82) is 0 Å². The van der Waals surface area contributed by atoms with E-state index in [2.05, 4.69) is 6.92 Å². The van der Waals surface area contributed by atoms with E-state index in [1.54, 1.807) is 12.1 Å². The third kappa shape index (κ3) is 3.61. The van der Waals surface area contributed by atoms with Crippen LogP contribution >= 0.6 is 0 Å². The van der Waals surface area contributed by atoms with Gasteiger partial charge in [-0.2, -0.15) is 0 Å². The van der Waals surface area contributed by atoms with Crippen molar-refractivity contribution in [3.05, 3.63) is 73.2 Å². The molecule has 2 aromatic carbocycles. The lowest BCUT2D eigenvalue weighted by Gasteiger charge is -2.24. The van der Waals surface area contributed by atoms with Crippen molar-refractivity contribution in [2.45, 2.75) is 12.2 Å². The van der Waals surface area contributed by atoms with E-state index in [1.165, 1.54) is 0 Å². The fraction of sp³-hybridized carbons (Fsp3) is 0.133. The molecule has 0 aromatic heterocycles. The lowest BCUT2D eigenvalue weighted by molar-refractivity contribution is -0.0959. The van der Waals surface area contributed by atoms with E-state index in [0.717, 1.165) is 5.56 Å². The third-order valence-electron chi connectivity index (χ3n) is 2.37. The van der Waals surface area contributed by atoms with Gasteiger partial charge in [-0.05, 0) is 17.7 Å². The molecule has 0 bridgehead atoms. The fourth-order valence-corrected chi connectivity index (χ4v) is 1.66. The highest BCUT2D eigenvalue weighted by atomic mass is 16.6. The number of rotatable bonds is 4. The Morgan fingerprint density at radius 3 is 2.06 bits per heavy atom. The molecule has 1 atom stereocenters. The number of aliphatic hydroxyl groups is 1. The summed E-state index contributed by atoms with van der Waals surface area (Å²) in [5, 5.41) is 10.1. The minimum atomic E-state index is -1.44. The average Bonchev–Trinajstić information content (AvgIpc) is 2.30. The molecular formula is C15H15O2. The van der Waals surface area contributed by atoms with E-state index >= 15 is 0 Å². The fourth-order valence-electron chi connectivity index (χ4n) is 1.66. The molecule has 2 heteroatoms. The molecule has 0 saturated heterocycles. The van der Waals surface area contributed by atoms with Gasteiger partial charge in [-0.25, -0.2) is 0 Å². The summed E-state index contributed by atoms with van der Waals surface area (Å²) in [5.41, 5.74) is 0.987. The smallest absolute Gasteiger partial charge is 0.212 e. The molecule has 1 radical (unpaired) electrons. The standard InChI is InChI=1S/C15H15O2/c1-15(16,12-13-8-4-2-5-9-13)17-14-10-6-3-7-11-14/h2-11,16H,1,12H2. The van der Waals surface area contributed by atoms with Crippen LogP contribution in [0.2, 0.25) is 0 Å². The van der Waals surface area contributed by atoms with Gasteiger partial charge in [-0.1, -0.05) is 48.5 Å². The van der Waals surface area contributed by atoms with E-state index in [0.29, 0.717) is 12.2 Å². The van der Waals surface area contributed by atoms with Crippen molar-refractivity contribution < 1.29 is 9.84 Å². The average molecular weight is 227 g/mol. The van der Waals surface area contributed by atoms with Gasteiger partial charge in [0, 0.05) is 13.3 Å². The Bertz CT molecular complexity index is 405. The molecule has 0 aliphatic carbocycles. The summed E-state index contributed by atoms with van der Waals surface area (Å²) in [6, 6.07) is 18.8. The summed E-state index contributed by atoms with van der Waals surface area (Å²) in [7, 11) is 0. The summed E-state index contributed by atoms with van der Waals surface area (Å²) in [4.78, 5) is 0. The largest absolute Gasteiger partial charge is 0.462 e. The molecule has 0 saturated carbocycles. The second-order valence-electron chi connectivity index (χ2n) is 4.02. The quantitative estimate of drug-likeness (QED) is 0.814. The first-order valence-corrected chi connectivity index (χ1v) is 5.51. The summed E-state index contributed by atoms with van der Waals surface area (Å²) in [6.45, 7) is 3.69. The Morgan fingerprint density at radius 1 is 0.941 bits per heavy atom. The highest BCUT2D eigenvalue weighted by Gasteiger charge is 2.22. The lowest BCUT2D eigenvalue weighted by Crippen LogP contribution is -2.34. The van der Waals surface area contributed by atoms with Gasteiger partial charge in [0.1, 0.15) is 5.75 Å². The molecule has 0 aliphatic rings. The summed E-state index contributed by atoms with van der Waals surface area (Å²) in [5.74, 6) is -0.830. The van der Waals surface area contributed by atoms with Gasteiger partial charge < -0.3 is 9.84 Å². The van der Waals surface area contributed by atoms with E-state index in [4.69, 9.17) is 4.74 Å². The van der Waals surface area contributed by atoms with Crippen molar-refractivity contribution in [1.82, 2.24) is 0 Å². The van der Waals surface area contributed by atoms with Crippen LogP contribution in [-0.4, -0.2) is 10.9 Å². The maximum atomic E-state index is 10.1. The zero-order valence-corrected chi connectivity index (χ0v) is 9.54. The van der Waals surface area contributed by atoms with Crippen LogP contribution < -0.4 is 4.74 Å². The van der Waals surface area contributed by atoms with Crippen LogP contribution in [0.3, 0.4) is 0 Å². The maximum absolute atomic E-state index is 10.1. The van der Waals surface area contributed by atoms with Crippen molar-refractivity contribution in [3.8, 4) is 5.75 Å². The molecule has 0 spiro atoms. The summed E-state index contributed by atoms with van der Waals surface area (Å²) in [6.07, 6.45) is 0.350. The van der Waals surface area contributed by atoms with Crippen LogP contribution in [0.5, 0.6) is 5.75 Å². The minimum absolute atomic E-state index is 0.350. The van der Waals surface area contributed by atoms with Crippen LogP contribution in [0.15, 0.2) is 60.7 Å². The van der Waals surface area contributed by atoms with Gasteiger partial charge in [0.25, 0.3) is 0 Å². The molecule has 17 heavy (non-hydrogen) atoms. The van der Waals surface area contributed by atoms with Gasteiger partial charge >= 0.3 is 0 Å². The molecule has 2 aromatic rings. The van der Waals surface area contributed by atoms with E-state index in [1.807, 2.05) is 48.5 Å². The van der Waals surface area contributed by atoms with Crippen molar-refractivity contribution in [3.63, 3.8) is 0 Å². The van der Waals surface area contributed by atoms with Crippen LogP contribution in [0, 0.1) is 6.92 Å². The van der Waals surface area contributed by atoms with E-state index in [9.17, 15) is 5.11 Å². The second-order valence-corrected chi connectivity index (χ2v) is 4.02. The van der Waals surface area contributed by atoms with Crippen molar-refractivity contribution in [2.24, 2.45) is 0 Å². The topological polar surface area (TPSA) is 29.5 Å². The number of ether oxygens (including phenoxy) is 1. The summed E-state index contributed by atoms with van der Waals surface area (Å²) < 4.78 is 5.45. The Balaban J connectivity index is 2.04. The molecule has 2 rings (SSSR count). The predicted molar refractivity (Wildman–Crippen MR) is 67.5 cm³/mol. The molecule has 1 unspecified atom stereocenters. The van der Waals surface area contributed by atoms with Gasteiger partial charge in [-0.3, -0.25) is 0 Å². The molecule has 1 N–H and O–H groups in total. The van der Waals surface area contributed by atoms with Gasteiger partial charge in [0.05, 0.1) is 0 Å². The first-order chi connectivity index (χ1) is 8.16. The van der Waals surface area contributed by atoms with Crippen LogP contribution in [-0.2, 0) is 6.42 Å². The Kier molecular flexibility index (Phi) is 3.45. The van der Waals surface area contributed by atoms with Crippen molar-refractivity contribution in [2.75, 3.05) is 0 Å². The monoisotopic (exact) mass is 227 g/mol. The van der Waals surface area contributed by atoms with Gasteiger partial charge in [-0.15, -0.1) is 0 Å². The minimum Gasteiger partial charge on any atom is -0.462 e. The van der Waals surface area contributed by atoms with Crippen LogP contribution in [0.4, 0.5) is 0 Å². The molecule has 87 valence electrons.